The first kappa shape index (κ1) is 37.8. The number of phenolic OH excluding ortho intramolecular Hbond substituents is 1. The molecule has 0 fully saturated rings. The molecule has 5 aromatic rings. The Balaban J connectivity index is 0.754. The second kappa shape index (κ2) is 18.2. The first-order valence-electron chi connectivity index (χ1n) is 17.1. The van der Waals surface area contributed by atoms with Gasteiger partial charge in [0.15, 0.2) is 5.82 Å². The second-order valence-electron chi connectivity index (χ2n) is 11.8. The third kappa shape index (κ3) is 9.53. The van der Waals surface area contributed by atoms with Crippen molar-refractivity contribution in [3.8, 4) is 11.4 Å². The molecule has 2 N–H and O–H groups in total. The average molecular weight is 744 g/mol. The summed E-state index contributed by atoms with van der Waals surface area (Å²) in [5.74, 6) is -1.31. The van der Waals surface area contributed by atoms with Crippen molar-refractivity contribution in [3.05, 3.63) is 104 Å². The molecule has 3 heterocycles. The molecular weight excluding hydrogens is 706 g/mol. The van der Waals surface area contributed by atoms with Crippen LogP contribution in [0.1, 0.15) is 21.7 Å². The van der Waals surface area contributed by atoms with E-state index in [4.69, 9.17) is 32.8 Å². The van der Waals surface area contributed by atoms with E-state index in [1.807, 2.05) is 0 Å². The molecule has 0 atom stereocenters. The number of hydrogen-bond donors (Lipinski definition) is 2. The van der Waals surface area contributed by atoms with Crippen molar-refractivity contribution in [2.45, 2.75) is 6.42 Å². The van der Waals surface area contributed by atoms with Crippen LogP contribution in [-0.4, -0.2) is 105 Å². The van der Waals surface area contributed by atoms with Crippen LogP contribution in [0.3, 0.4) is 0 Å². The highest BCUT2D eigenvalue weighted by Gasteiger charge is 2.30. The van der Waals surface area contributed by atoms with Gasteiger partial charge in [-0.15, -0.1) is 0 Å². The van der Waals surface area contributed by atoms with Gasteiger partial charge in [0, 0.05) is 23.2 Å². The Hall–Kier alpha value is -5.94. The Morgan fingerprint density at radius 2 is 1.37 bits per heavy atom. The van der Waals surface area contributed by atoms with Crippen LogP contribution in [-0.2, 0) is 44.4 Å². The Morgan fingerprint density at radius 1 is 0.722 bits per heavy atom. The molecular formula is C38H37N3O13. The first-order valence-corrected chi connectivity index (χ1v) is 17.1. The molecule has 0 radical (unpaired) electrons. The summed E-state index contributed by atoms with van der Waals surface area (Å²) in [6, 6.07) is 17.3. The number of esters is 2. The largest absolute Gasteiger partial charge is 0.508 e. The number of nitrogens with one attached hydrogen (secondary N) is 1. The molecule has 0 bridgehead atoms. The fraction of sp³-hybridized carbons (Fsp3) is 0.316. The molecule has 0 amide bonds. The minimum atomic E-state index is -0.629. The maximum Gasteiger partial charge on any atom is 0.336 e. The summed E-state index contributed by atoms with van der Waals surface area (Å²) < 4.78 is 38.5. The summed E-state index contributed by atoms with van der Waals surface area (Å²) in [6.45, 7) is 2.26. The maximum absolute atomic E-state index is 13.3. The predicted molar refractivity (Wildman–Crippen MR) is 192 cm³/mol. The van der Waals surface area contributed by atoms with Gasteiger partial charge in [-0.25, -0.2) is 9.78 Å². The zero-order valence-electron chi connectivity index (χ0n) is 29.1. The summed E-state index contributed by atoms with van der Waals surface area (Å²) >= 11 is 0. The smallest absolute Gasteiger partial charge is 0.336 e. The van der Waals surface area contributed by atoms with Gasteiger partial charge in [0.25, 0.3) is 5.56 Å². The van der Waals surface area contributed by atoms with Gasteiger partial charge in [-0.05, 0) is 48.0 Å². The highest BCUT2D eigenvalue weighted by atomic mass is 16.6. The van der Waals surface area contributed by atoms with E-state index in [2.05, 4.69) is 10.3 Å². The summed E-state index contributed by atoms with van der Waals surface area (Å²) in [4.78, 5) is 66.6. The van der Waals surface area contributed by atoms with Crippen molar-refractivity contribution in [3.63, 3.8) is 0 Å². The van der Waals surface area contributed by atoms with Crippen LogP contribution in [0.5, 0.6) is 5.75 Å². The average Bonchev–Trinajstić information content (AvgIpc) is 3.44. The number of aromatic nitrogens is 2. The number of ketones is 1. The highest BCUT2D eigenvalue weighted by Crippen LogP contribution is 2.27. The normalized spacial score (nSPS) is 11.8. The van der Waals surface area contributed by atoms with Crippen molar-refractivity contribution in [1.29, 1.82) is 0 Å². The van der Waals surface area contributed by atoms with Crippen molar-refractivity contribution in [2.24, 2.45) is 0 Å². The third-order valence-electron chi connectivity index (χ3n) is 8.14. The minimum Gasteiger partial charge on any atom is -0.508 e. The van der Waals surface area contributed by atoms with Crippen LogP contribution in [0.25, 0.3) is 27.6 Å². The number of fused-ring (bicyclic) bond motifs is 5. The fourth-order valence-electron chi connectivity index (χ4n) is 5.64. The number of rotatable bonds is 20. The summed E-state index contributed by atoms with van der Waals surface area (Å²) in [5, 5.41) is 13.4. The predicted octanol–water partition coefficient (Wildman–Crippen LogP) is 2.55. The number of benzene rings is 3. The van der Waals surface area contributed by atoms with E-state index in [1.165, 1.54) is 22.8 Å². The van der Waals surface area contributed by atoms with Crippen LogP contribution in [0.2, 0.25) is 0 Å². The molecule has 16 nitrogen and oxygen atoms in total. The van der Waals surface area contributed by atoms with E-state index in [0.29, 0.717) is 78.4 Å². The summed E-state index contributed by atoms with van der Waals surface area (Å²) in [7, 11) is 0. The molecule has 0 spiro atoms. The molecule has 3 aromatic carbocycles. The Bertz CT molecular complexity index is 2270. The van der Waals surface area contributed by atoms with Gasteiger partial charge in [-0.3, -0.25) is 23.7 Å². The van der Waals surface area contributed by atoms with Gasteiger partial charge in [0.2, 0.25) is 5.78 Å². The topological polar surface area (TPSA) is 204 Å². The number of anilines is 1. The Morgan fingerprint density at radius 3 is 2.07 bits per heavy atom. The van der Waals surface area contributed by atoms with Crippen LogP contribution in [0.4, 0.5) is 5.69 Å². The lowest BCUT2D eigenvalue weighted by Gasteiger charge is -2.10. The number of nitrogens with zero attached hydrogens (tertiary/aromatic N) is 2. The molecule has 0 saturated carbocycles. The van der Waals surface area contributed by atoms with Gasteiger partial charge in [-0.1, -0.05) is 12.1 Å². The van der Waals surface area contributed by atoms with Gasteiger partial charge in [-0.2, -0.15) is 0 Å². The van der Waals surface area contributed by atoms with Gasteiger partial charge >= 0.3 is 17.6 Å². The van der Waals surface area contributed by atoms with Gasteiger partial charge < -0.3 is 43.3 Å². The quantitative estimate of drug-likeness (QED) is 0.0655. The van der Waals surface area contributed by atoms with E-state index in [1.54, 1.807) is 48.5 Å². The number of carbonyl (C=O) groups is 3. The van der Waals surface area contributed by atoms with Crippen molar-refractivity contribution < 1.29 is 52.3 Å². The molecule has 16 heteroatoms. The summed E-state index contributed by atoms with van der Waals surface area (Å²) in [6.07, 6.45) is -0.130. The lowest BCUT2D eigenvalue weighted by molar-refractivity contribution is -0.145. The second-order valence-corrected chi connectivity index (χ2v) is 11.8. The van der Waals surface area contributed by atoms with Crippen LogP contribution >= 0.6 is 0 Å². The van der Waals surface area contributed by atoms with Crippen molar-refractivity contribution in [2.75, 3.05) is 77.9 Å². The lowest BCUT2D eigenvalue weighted by atomic mass is 10.1. The highest BCUT2D eigenvalue weighted by molar-refractivity contribution is 6.13. The van der Waals surface area contributed by atoms with Crippen molar-refractivity contribution in [1.82, 2.24) is 9.55 Å². The molecule has 6 rings (SSSR count). The van der Waals surface area contributed by atoms with E-state index < -0.39 is 17.6 Å². The molecule has 0 unspecified atom stereocenters. The SMILES string of the molecule is O=C(CNc1ccc2nc3n(c(=O)c2c1)-c1ccccc1C3=O)OCCOCCOCCOCCOCCOC(=O)Cc1cc(=O)oc2cc(O)ccc12. The van der Waals surface area contributed by atoms with Crippen molar-refractivity contribution >= 4 is 45.3 Å². The molecule has 0 aliphatic carbocycles. The van der Waals surface area contributed by atoms with Crippen LogP contribution in [0, 0.1) is 0 Å². The van der Waals surface area contributed by atoms with Crippen LogP contribution < -0.4 is 16.5 Å². The van der Waals surface area contributed by atoms with E-state index in [-0.39, 0.29) is 67.9 Å². The molecule has 2 aromatic heterocycles. The first-order chi connectivity index (χ1) is 26.3. The lowest BCUT2D eigenvalue weighted by Crippen LogP contribution is -2.22. The monoisotopic (exact) mass is 743 g/mol. The van der Waals surface area contributed by atoms with E-state index >= 15 is 0 Å². The maximum atomic E-state index is 13.3. The third-order valence-corrected chi connectivity index (χ3v) is 8.14. The number of aromatic hydroxyl groups is 1. The zero-order valence-corrected chi connectivity index (χ0v) is 29.1. The number of hydrogen-bond acceptors (Lipinski definition) is 15. The van der Waals surface area contributed by atoms with E-state index in [9.17, 15) is 29.1 Å². The number of ether oxygens (including phenoxy) is 6. The Kier molecular flexibility index (Phi) is 12.7. The number of carbonyl (C=O) groups excluding carboxylic acids is 3. The minimum absolute atomic E-state index is 0.0361. The number of para-hydroxylation sites is 1. The molecule has 54 heavy (non-hydrogen) atoms. The zero-order chi connectivity index (χ0) is 37.9. The molecule has 0 saturated heterocycles. The standard InChI is InChI=1S/C38H37N3O13/c42-26-6-7-27-24(20-34(44)54-32(27)22-26)19-33(43)52-17-15-50-13-11-48-9-10-49-12-14-51-16-18-53-35(45)23-39-25-5-8-30-29(21-25)38(47)41-31-4-2-1-3-28(31)36(46)37(41)40-30/h1-8,20-22,39,42H,9-19,23H2. The van der Waals surface area contributed by atoms with Gasteiger partial charge in [0.1, 0.15) is 31.1 Å². The molecule has 282 valence electrons. The van der Waals surface area contributed by atoms with Gasteiger partial charge in [0.05, 0.1) is 81.4 Å². The fourth-order valence-corrected chi connectivity index (χ4v) is 5.64. The van der Waals surface area contributed by atoms with Crippen LogP contribution in [0.15, 0.2) is 80.7 Å². The molecule has 1 aliphatic heterocycles. The molecule has 1 aliphatic rings. The Labute approximate surface area is 307 Å². The van der Waals surface area contributed by atoms with E-state index in [0.717, 1.165) is 0 Å². The number of phenols is 1. The summed E-state index contributed by atoms with van der Waals surface area (Å²) in [5.41, 5.74) is 1.46.